The normalized spacial score (nSPS) is 24.7. The molecule has 34 heavy (non-hydrogen) atoms. The van der Waals surface area contributed by atoms with E-state index in [0.717, 1.165) is 42.2 Å². The highest BCUT2D eigenvalue weighted by Crippen LogP contribution is 2.45. The molecule has 0 amide bonds. The van der Waals surface area contributed by atoms with Crippen LogP contribution >= 0.6 is 0 Å². The minimum absolute atomic E-state index is 0.0643. The van der Waals surface area contributed by atoms with Gasteiger partial charge in [-0.05, 0) is 60.1 Å². The highest BCUT2D eigenvalue weighted by Gasteiger charge is 2.55. The first-order valence-corrected chi connectivity index (χ1v) is 12.4. The van der Waals surface area contributed by atoms with Gasteiger partial charge in [-0.2, -0.15) is 0 Å². The van der Waals surface area contributed by atoms with E-state index in [4.69, 9.17) is 9.98 Å². The summed E-state index contributed by atoms with van der Waals surface area (Å²) in [5, 5.41) is 4.73. The lowest BCUT2D eigenvalue weighted by atomic mass is 9.73. The van der Waals surface area contributed by atoms with Gasteiger partial charge in [-0.25, -0.2) is 0 Å². The second kappa shape index (κ2) is 8.17. The van der Waals surface area contributed by atoms with Crippen LogP contribution in [-0.4, -0.2) is 56.0 Å². The number of aliphatic imine (C=N–C) groups is 3. The first-order valence-electron chi connectivity index (χ1n) is 12.4. The van der Waals surface area contributed by atoms with E-state index < -0.39 is 0 Å². The average molecular weight is 461 g/mol. The smallest absolute Gasteiger partial charge is 0.152 e. The first-order chi connectivity index (χ1) is 15.8. The molecule has 0 bridgehead atoms. The number of hydrogen-bond acceptors (Lipinski definition) is 6. The molecule has 3 aliphatic rings. The van der Waals surface area contributed by atoms with Crippen molar-refractivity contribution in [3.8, 4) is 0 Å². The largest absolute Gasteiger partial charge is 0.268 e. The Morgan fingerprint density at radius 2 is 1.65 bits per heavy atom. The van der Waals surface area contributed by atoms with Gasteiger partial charge >= 0.3 is 0 Å². The molecule has 0 N–H and O–H groups in total. The molecule has 0 saturated carbocycles. The van der Waals surface area contributed by atoms with Crippen molar-refractivity contribution in [2.75, 3.05) is 6.54 Å². The summed E-state index contributed by atoms with van der Waals surface area (Å²) in [6.45, 7) is 21.1. The maximum atomic E-state index is 5.41. The van der Waals surface area contributed by atoms with Crippen LogP contribution in [0.3, 0.4) is 0 Å². The maximum Gasteiger partial charge on any atom is 0.152 e. The van der Waals surface area contributed by atoms with Gasteiger partial charge in [0.2, 0.25) is 0 Å². The van der Waals surface area contributed by atoms with Crippen molar-refractivity contribution in [2.45, 2.75) is 91.8 Å². The summed E-state index contributed by atoms with van der Waals surface area (Å²) in [7, 11) is 0. The number of pyridine rings is 1. The molecule has 4 rings (SSSR count). The van der Waals surface area contributed by atoms with Gasteiger partial charge in [-0.1, -0.05) is 32.4 Å². The maximum absolute atomic E-state index is 5.41. The fraction of sp³-hybridized carbons (Fsp3) is 0.571. The Hall–Kier alpha value is -2.76. The van der Waals surface area contributed by atoms with E-state index >= 15 is 0 Å². The Bertz CT molecular complexity index is 1100. The minimum atomic E-state index is -0.305. The van der Waals surface area contributed by atoms with Crippen molar-refractivity contribution in [1.82, 2.24) is 15.0 Å². The second-order valence-electron chi connectivity index (χ2n) is 11.8. The molecule has 0 fully saturated rings. The number of hydrazine groups is 1. The molecule has 0 unspecified atom stereocenters. The SMILES string of the molecule is CCC1=CC(C2=NC(C)(C)C(C)(C)CN2N2C(c3cccnc3)=NC(C)(C)C2(C)C)=CN=CC1. The minimum Gasteiger partial charge on any atom is -0.268 e. The van der Waals surface area contributed by atoms with Gasteiger partial charge in [0.1, 0.15) is 0 Å². The highest BCUT2D eigenvalue weighted by atomic mass is 15.7. The van der Waals surface area contributed by atoms with Crippen LogP contribution in [0.5, 0.6) is 0 Å². The second-order valence-corrected chi connectivity index (χ2v) is 11.8. The molecule has 0 atom stereocenters. The number of nitrogens with zero attached hydrogens (tertiary/aromatic N) is 6. The summed E-state index contributed by atoms with van der Waals surface area (Å²) >= 11 is 0. The summed E-state index contributed by atoms with van der Waals surface area (Å²) in [4.78, 5) is 19.7. The Balaban J connectivity index is 1.93. The van der Waals surface area contributed by atoms with Crippen LogP contribution < -0.4 is 0 Å². The van der Waals surface area contributed by atoms with E-state index in [-0.39, 0.29) is 22.0 Å². The van der Waals surface area contributed by atoms with E-state index in [1.807, 2.05) is 30.9 Å². The van der Waals surface area contributed by atoms with Crippen molar-refractivity contribution >= 4 is 17.9 Å². The van der Waals surface area contributed by atoms with Crippen LogP contribution in [0.15, 0.2) is 62.9 Å². The molecule has 1 aromatic heterocycles. The molecule has 182 valence electrons. The topological polar surface area (TPSA) is 56.5 Å². The van der Waals surface area contributed by atoms with Crippen molar-refractivity contribution in [3.63, 3.8) is 0 Å². The number of amidine groups is 2. The third-order valence-corrected chi connectivity index (χ3v) is 8.35. The summed E-state index contributed by atoms with van der Waals surface area (Å²) in [6.07, 6.45) is 11.8. The Morgan fingerprint density at radius 3 is 2.29 bits per heavy atom. The third-order valence-electron chi connectivity index (χ3n) is 8.35. The van der Waals surface area contributed by atoms with Crippen molar-refractivity contribution < 1.29 is 0 Å². The predicted octanol–water partition coefficient (Wildman–Crippen LogP) is 5.83. The van der Waals surface area contributed by atoms with Crippen LogP contribution in [0.4, 0.5) is 0 Å². The fourth-order valence-corrected chi connectivity index (χ4v) is 4.55. The van der Waals surface area contributed by atoms with Gasteiger partial charge in [0.25, 0.3) is 0 Å². The number of rotatable bonds is 4. The fourth-order valence-electron chi connectivity index (χ4n) is 4.55. The van der Waals surface area contributed by atoms with Crippen molar-refractivity contribution in [2.24, 2.45) is 20.4 Å². The summed E-state index contributed by atoms with van der Waals surface area (Å²) < 4.78 is 0. The number of allylic oxidation sites excluding steroid dienone is 1. The predicted molar refractivity (Wildman–Crippen MR) is 142 cm³/mol. The van der Waals surface area contributed by atoms with Gasteiger partial charge in [-0.15, -0.1) is 0 Å². The van der Waals surface area contributed by atoms with Crippen molar-refractivity contribution in [3.05, 3.63) is 53.5 Å². The first kappa shape index (κ1) is 24.4. The summed E-state index contributed by atoms with van der Waals surface area (Å²) in [5.41, 5.74) is 2.54. The highest BCUT2D eigenvalue weighted by molar-refractivity contribution is 6.06. The van der Waals surface area contributed by atoms with E-state index in [2.05, 4.69) is 94.5 Å². The molecule has 0 spiro atoms. The van der Waals surface area contributed by atoms with Crippen LogP contribution in [0.25, 0.3) is 0 Å². The van der Waals surface area contributed by atoms with Gasteiger partial charge in [-0.3, -0.25) is 30.0 Å². The molecule has 6 heteroatoms. The molecule has 0 radical (unpaired) electrons. The molecule has 0 aliphatic carbocycles. The lowest BCUT2D eigenvalue weighted by molar-refractivity contribution is -0.0302. The number of hydrogen-bond donors (Lipinski definition) is 0. The van der Waals surface area contributed by atoms with Gasteiger partial charge in [0.05, 0.1) is 16.6 Å². The molecular formula is C28H40N6. The standard InChI is InChI=1S/C28H40N6/c1-10-20-13-15-30-18-22(16-20)23-31-26(4,5)25(2,3)19-33(23)34-24(21-12-11-14-29-17-21)32-27(6,7)28(34,8)9/h11-12,14-18H,10,13,19H2,1-9H3. The molecule has 6 nitrogen and oxygen atoms in total. The molecule has 0 saturated heterocycles. The van der Waals surface area contributed by atoms with Gasteiger partial charge in [0.15, 0.2) is 11.7 Å². The van der Waals surface area contributed by atoms with Gasteiger partial charge in [0, 0.05) is 54.3 Å². The summed E-state index contributed by atoms with van der Waals surface area (Å²) in [6, 6.07) is 4.07. The third kappa shape index (κ3) is 3.91. The van der Waals surface area contributed by atoms with Crippen LogP contribution in [0, 0.1) is 5.41 Å². The lowest BCUT2D eigenvalue weighted by Crippen LogP contribution is -2.66. The van der Waals surface area contributed by atoms with Crippen LogP contribution in [0.2, 0.25) is 0 Å². The van der Waals surface area contributed by atoms with E-state index in [9.17, 15) is 0 Å². The zero-order chi connectivity index (χ0) is 24.9. The molecule has 3 aliphatic heterocycles. The molecule has 4 heterocycles. The van der Waals surface area contributed by atoms with E-state index in [1.54, 1.807) is 0 Å². The van der Waals surface area contributed by atoms with E-state index in [1.165, 1.54) is 5.57 Å². The Morgan fingerprint density at radius 1 is 0.941 bits per heavy atom. The Labute approximate surface area is 205 Å². The van der Waals surface area contributed by atoms with Crippen LogP contribution in [-0.2, 0) is 0 Å². The zero-order valence-electron chi connectivity index (χ0n) is 22.3. The molecular weight excluding hydrogens is 420 g/mol. The van der Waals surface area contributed by atoms with Gasteiger partial charge < -0.3 is 0 Å². The number of aromatic nitrogens is 1. The van der Waals surface area contributed by atoms with Crippen molar-refractivity contribution in [1.29, 1.82) is 0 Å². The quantitative estimate of drug-likeness (QED) is 0.568. The molecule has 0 aromatic carbocycles. The van der Waals surface area contributed by atoms with E-state index in [0.29, 0.717) is 0 Å². The molecule has 1 aromatic rings. The average Bonchev–Trinajstić information content (AvgIpc) is 2.92. The van der Waals surface area contributed by atoms with Crippen LogP contribution in [0.1, 0.15) is 80.7 Å². The lowest BCUT2D eigenvalue weighted by Gasteiger charge is -2.55. The zero-order valence-corrected chi connectivity index (χ0v) is 22.3. The monoisotopic (exact) mass is 460 g/mol. The summed E-state index contributed by atoms with van der Waals surface area (Å²) in [5.74, 6) is 1.89. The Kier molecular flexibility index (Phi) is 5.86.